The number of halogens is 1. The van der Waals surface area contributed by atoms with E-state index in [1.54, 1.807) is 36.4 Å². The highest BCUT2D eigenvalue weighted by atomic mass is 35.5. The third kappa shape index (κ3) is 4.03. The summed E-state index contributed by atoms with van der Waals surface area (Å²) in [4.78, 5) is 36.5. The summed E-state index contributed by atoms with van der Waals surface area (Å²) < 4.78 is 10.6. The predicted octanol–water partition coefficient (Wildman–Crippen LogP) is 4.77. The van der Waals surface area contributed by atoms with E-state index in [9.17, 15) is 19.7 Å². The molecule has 2 amide bonds. The highest BCUT2D eigenvalue weighted by Gasteiger charge is 2.35. The van der Waals surface area contributed by atoms with Crippen LogP contribution >= 0.6 is 23.4 Å². The standard InChI is InChI=1S/C20H13ClN2O6S/c21-15-9-17-16(28-11-29-17)8-13(15)10-22-19(24)18(30-20(22)25)3-1-2-12-4-6-14(7-5-12)23(26)27/h1-9H,10-11H2/b2-1+,18-3-. The maximum Gasteiger partial charge on any atom is 0.293 e. The van der Waals surface area contributed by atoms with Crippen LogP contribution in [0, 0.1) is 10.1 Å². The van der Waals surface area contributed by atoms with Gasteiger partial charge in [0.25, 0.3) is 16.8 Å². The van der Waals surface area contributed by atoms with Gasteiger partial charge < -0.3 is 9.47 Å². The first kappa shape index (κ1) is 20.0. The van der Waals surface area contributed by atoms with Crippen LogP contribution in [0.3, 0.4) is 0 Å². The van der Waals surface area contributed by atoms with Gasteiger partial charge in [-0.3, -0.25) is 24.6 Å². The Kier molecular flexibility index (Phi) is 5.47. The highest BCUT2D eigenvalue weighted by Crippen LogP contribution is 2.39. The summed E-state index contributed by atoms with van der Waals surface area (Å²) in [7, 11) is 0. The molecule has 0 N–H and O–H groups in total. The first-order chi connectivity index (χ1) is 14.4. The zero-order valence-corrected chi connectivity index (χ0v) is 16.8. The molecular formula is C20H13ClN2O6S. The van der Waals surface area contributed by atoms with Gasteiger partial charge in [-0.25, -0.2) is 0 Å². The molecule has 0 spiro atoms. The fraction of sp³-hybridized carbons (Fsp3) is 0.100. The van der Waals surface area contributed by atoms with Gasteiger partial charge in [-0.15, -0.1) is 0 Å². The first-order valence-electron chi connectivity index (χ1n) is 8.67. The Balaban J connectivity index is 1.46. The maximum absolute atomic E-state index is 12.6. The average Bonchev–Trinajstić information content (AvgIpc) is 3.27. The average molecular weight is 445 g/mol. The molecular weight excluding hydrogens is 432 g/mol. The fourth-order valence-electron chi connectivity index (χ4n) is 2.85. The van der Waals surface area contributed by atoms with E-state index in [0.29, 0.717) is 22.1 Å². The Morgan fingerprint density at radius 3 is 2.57 bits per heavy atom. The van der Waals surface area contributed by atoms with Gasteiger partial charge in [0, 0.05) is 23.2 Å². The lowest BCUT2D eigenvalue weighted by Gasteiger charge is -2.14. The summed E-state index contributed by atoms with van der Waals surface area (Å²) in [6, 6.07) is 9.23. The van der Waals surface area contributed by atoms with Gasteiger partial charge >= 0.3 is 0 Å². The lowest BCUT2D eigenvalue weighted by Crippen LogP contribution is -2.27. The summed E-state index contributed by atoms with van der Waals surface area (Å²) >= 11 is 7.07. The second-order valence-electron chi connectivity index (χ2n) is 6.29. The number of thioether (sulfide) groups is 1. The van der Waals surface area contributed by atoms with Crippen LogP contribution in [0.2, 0.25) is 5.02 Å². The number of imide groups is 1. The number of nitro groups is 1. The second-order valence-corrected chi connectivity index (χ2v) is 7.70. The van der Waals surface area contributed by atoms with Crippen molar-refractivity contribution < 1.29 is 24.0 Å². The SMILES string of the molecule is O=C1S/C(=C\C=C\c2ccc([N+](=O)[O-])cc2)C(=O)N1Cc1cc2c(cc1Cl)OCO2. The molecule has 2 heterocycles. The molecule has 0 aromatic heterocycles. The Morgan fingerprint density at radius 1 is 1.17 bits per heavy atom. The van der Waals surface area contributed by atoms with Crippen molar-refractivity contribution in [2.24, 2.45) is 0 Å². The van der Waals surface area contributed by atoms with E-state index >= 15 is 0 Å². The van der Waals surface area contributed by atoms with Crippen LogP contribution in [0.5, 0.6) is 11.5 Å². The Labute approximate surface area is 179 Å². The number of allylic oxidation sites excluding steroid dienone is 2. The molecule has 0 aliphatic carbocycles. The van der Waals surface area contributed by atoms with Gasteiger partial charge in [0.15, 0.2) is 11.5 Å². The lowest BCUT2D eigenvalue weighted by atomic mass is 10.2. The number of fused-ring (bicyclic) bond motifs is 1. The van der Waals surface area contributed by atoms with E-state index in [-0.39, 0.29) is 23.9 Å². The minimum atomic E-state index is -0.476. The van der Waals surface area contributed by atoms with Gasteiger partial charge in [0.2, 0.25) is 6.79 Å². The van der Waals surface area contributed by atoms with Crippen molar-refractivity contribution in [3.05, 3.63) is 79.7 Å². The summed E-state index contributed by atoms with van der Waals surface area (Å²) in [6.07, 6.45) is 4.84. The van der Waals surface area contributed by atoms with Crippen molar-refractivity contribution in [1.29, 1.82) is 0 Å². The van der Waals surface area contributed by atoms with Gasteiger partial charge in [-0.1, -0.05) is 23.8 Å². The van der Waals surface area contributed by atoms with Crippen molar-refractivity contribution >= 4 is 46.3 Å². The van der Waals surface area contributed by atoms with Gasteiger partial charge in [0.05, 0.1) is 16.4 Å². The van der Waals surface area contributed by atoms with E-state index < -0.39 is 16.1 Å². The molecule has 10 heteroatoms. The van der Waals surface area contributed by atoms with E-state index in [0.717, 1.165) is 22.2 Å². The molecule has 0 radical (unpaired) electrons. The molecule has 2 aromatic rings. The van der Waals surface area contributed by atoms with Crippen molar-refractivity contribution in [3.63, 3.8) is 0 Å². The smallest absolute Gasteiger partial charge is 0.293 e. The van der Waals surface area contributed by atoms with E-state index in [1.807, 2.05) is 0 Å². The van der Waals surface area contributed by atoms with Crippen LogP contribution in [-0.4, -0.2) is 27.8 Å². The van der Waals surface area contributed by atoms with Gasteiger partial charge in [0.1, 0.15) is 0 Å². The van der Waals surface area contributed by atoms with Crippen LogP contribution in [0.25, 0.3) is 6.08 Å². The number of carbonyl (C=O) groups excluding carboxylic acids is 2. The molecule has 1 fully saturated rings. The molecule has 4 rings (SSSR count). The number of rotatable bonds is 5. The number of amides is 2. The highest BCUT2D eigenvalue weighted by molar-refractivity contribution is 8.18. The number of hydrogen-bond donors (Lipinski definition) is 0. The number of nitrogens with zero attached hydrogens (tertiary/aromatic N) is 2. The van der Waals surface area contributed by atoms with Crippen molar-refractivity contribution in [1.82, 2.24) is 4.90 Å². The number of non-ortho nitro benzene ring substituents is 1. The zero-order chi connectivity index (χ0) is 21.3. The van der Waals surface area contributed by atoms with Crippen molar-refractivity contribution in [3.8, 4) is 11.5 Å². The molecule has 0 bridgehead atoms. The quantitative estimate of drug-likeness (QED) is 0.372. The van der Waals surface area contributed by atoms with Gasteiger partial charge in [-0.2, -0.15) is 0 Å². The number of ether oxygens (including phenoxy) is 2. The van der Waals surface area contributed by atoms with Crippen molar-refractivity contribution in [2.75, 3.05) is 6.79 Å². The van der Waals surface area contributed by atoms with Crippen LogP contribution in [-0.2, 0) is 11.3 Å². The van der Waals surface area contributed by atoms with Crippen LogP contribution in [0.4, 0.5) is 10.5 Å². The molecule has 2 aromatic carbocycles. The number of hydrogen-bond acceptors (Lipinski definition) is 7. The molecule has 152 valence electrons. The summed E-state index contributed by atoms with van der Waals surface area (Å²) in [6.45, 7) is 0.115. The lowest BCUT2D eigenvalue weighted by molar-refractivity contribution is -0.384. The molecule has 1 saturated heterocycles. The maximum atomic E-state index is 12.6. The topological polar surface area (TPSA) is 99.0 Å². The molecule has 2 aliphatic heterocycles. The largest absolute Gasteiger partial charge is 0.454 e. The molecule has 8 nitrogen and oxygen atoms in total. The summed E-state index contributed by atoms with van der Waals surface area (Å²) in [5, 5.41) is 10.7. The van der Waals surface area contributed by atoms with Gasteiger partial charge in [-0.05, 0) is 47.2 Å². The Bertz CT molecular complexity index is 1110. The minimum absolute atomic E-state index is 0.00422. The van der Waals surface area contributed by atoms with E-state index in [2.05, 4.69) is 0 Å². The zero-order valence-electron chi connectivity index (χ0n) is 15.2. The third-order valence-corrected chi connectivity index (χ3v) is 5.66. The molecule has 0 atom stereocenters. The second kappa shape index (κ2) is 8.21. The summed E-state index contributed by atoms with van der Waals surface area (Å²) in [5.74, 6) is 0.615. The monoisotopic (exact) mass is 444 g/mol. The third-order valence-electron chi connectivity index (χ3n) is 4.38. The van der Waals surface area contributed by atoms with Crippen molar-refractivity contribution in [2.45, 2.75) is 6.54 Å². The summed E-state index contributed by atoms with van der Waals surface area (Å²) in [5.41, 5.74) is 1.30. The number of carbonyl (C=O) groups is 2. The molecule has 2 aliphatic rings. The van der Waals surface area contributed by atoms with Crippen LogP contribution in [0.15, 0.2) is 53.5 Å². The fourth-order valence-corrected chi connectivity index (χ4v) is 3.86. The molecule has 0 saturated carbocycles. The Morgan fingerprint density at radius 2 is 1.87 bits per heavy atom. The van der Waals surface area contributed by atoms with Crippen LogP contribution in [0.1, 0.15) is 11.1 Å². The minimum Gasteiger partial charge on any atom is -0.454 e. The number of benzene rings is 2. The molecule has 0 unspecified atom stereocenters. The predicted molar refractivity (Wildman–Crippen MR) is 111 cm³/mol. The Hall–Kier alpha value is -3.30. The van der Waals surface area contributed by atoms with Crippen LogP contribution < -0.4 is 9.47 Å². The molecule has 30 heavy (non-hydrogen) atoms. The number of nitro benzene ring substituents is 1. The van der Waals surface area contributed by atoms with E-state index in [4.69, 9.17) is 21.1 Å². The normalized spacial score (nSPS) is 16.8. The first-order valence-corrected chi connectivity index (χ1v) is 9.86. The van der Waals surface area contributed by atoms with E-state index in [1.165, 1.54) is 18.2 Å².